The number of carboxylic acid groups (broad SMARTS) is 1. The van der Waals surface area contributed by atoms with Crippen LogP contribution in [0, 0.1) is 11.8 Å². The van der Waals surface area contributed by atoms with Crippen LogP contribution in [-0.2, 0) is 9.59 Å². The summed E-state index contributed by atoms with van der Waals surface area (Å²) in [6, 6.07) is 0. The summed E-state index contributed by atoms with van der Waals surface area (Å²) >= 11 is 0. The van der Waals surface area contributed by atoms with Crippen LogP contribution in [0.1, 0.15) is 87.5 Å². The lowest BCUT2D eigenvalue weighted by molar-refractivity contribution is -0.323. The van der Waals surface area contributed by atoms with Crippen molar-refractivity contribution in [1.82, 2.24) is 15.3 Å². The number of hydrogen-bond acceptors (Lipinski definition) is 6. The van der Waals surface area contributed by atoms with E-state index in [-0.39, 0.29) is 18.2 Å². The molecule has 0 aliphatic carbocycles. The Hall–Kier alpha value is -1.70. The predicted molar refractivity (Wildman–Crippen MR) is 126 cm³/mol. The van der Waals surface area contributed by atoms with Gasteiger partial charge in [0, 0.05) is 46.7 Å². The van der Waals surface area contributed by atoms with Crippen molar-refractivity contribution in [1.29, 1.82) is 0 Å². The van der Waals surface area contributed by atoms with Gasteiger partial charge in [-0.2, -0.15) is 5.06 Å². The van der Waals surface area contributed by atoms with Gasteiger partial charge in [-0.3, -0.25) is 4.79 Å². The number of nitrogens with one attached hydrogen (secondary N) is 1. The molecule has 7 heteroatoms. The number of hydroxylamine groups is 2. The van der Waals surface area contributed by atoms with Gasteiger partial charge in [-0.1, -0.05) is 12.2 Å². The molecule has 3 rings (SSSR count). The highest BCUT2D eigenvalue weighted by Gasteiger charge is 2.59. The van der Waals surface area contributed by atoms with E-state index in [9.17, 15) is 19.9 Å². The number of rotatable bonds is 4. The molecule has 7 nitrogen and oxygen atoms in total. The van der Waals surface area contributed by atoms with Gasteiger partial charge < -0.3 is 25.3 Å². The zero-order valence-electron chi connectivity index (χ0n) is 21.6. The lowest BCUT2D eigenvalue weighted by Gasteiger charge is -2.62. The van der Waals surface area contributed by atoms with Gasteiger partial charge in [0.15, 0.2) is 0 Å². The Bertz CT molecular complexity index is 822. The zero-order chi connectivity index (χ0) is 25.0. The molecular formula is C26H42N3O4-. The molecule has 2 saturated heterocycles. The normalized spacial score (nSPS) is 29.5. The number of aliphatic carboxylic acids is 1. The number of allylic oxidation sites excluding steroid dienone is 2. The van der Waals surface area contributed by atoms with Crippen molar-refractivity contribution in [3.63, 3.8) is 0 Å². The molecule has 2 fully saturated rings. The van der Waals surface area contributed by atoms with Crippen molar-refractivity contribution in [2.24, 2.45) is 11.8 Å². The van der Waals surface area contributed by atoms with Crippen LogP contribution in [0.4, 0.5) is 0 Å². The predicted octanol–water partition coefficient (Wildman–Crippen LogP) is 2.99. The van der Waals surface area contributed by atoms with Gasteiger partial charge in [0.1, 0.15) is 0 Å². The van der Waals surface area contributed by atoms with E-state index in [1.807, 2.05) is 45.9 Å². The number of carbonyl (C=O) groups excluding carboxylic acids is 2. The van der Waals surface area contributed by atoms with Gasteiger partial charge in [0.25, 0.3) is 0 Å². The molecule has 1 amide bonds. The third-order valence-electron chi connectivity index (χ3n) is 7.67. The third kappa shape index (κ3) is 4.91. The van der Waals surface area contributed by atoms with Crippen molar-refractivity contribution in [2.75, 3.05) is 0 Å². The van der Waals surface area contributed by atoms with Gasteiger partial charge >= 0.3 is 0 Å². The molecule has 1 atom stereocenters. The van der Waals surface area contributed by atoms with E-state index in [2.05, 4.69) is 33.0 Å². The molecule has 3 heterocycles. The fraction of sp³-hybridized carbons (Fsp3) is 0.769. The summed E-state index contributed by atoms with van der Waals surface area (Å²) in [7, 11) is 0. The topological polar surface area (TPSA) is 95.9 Å². The Morgan fingerprint density at radius 3 is 2.03 bits per heavy atom. The second-order valence-electron chi connectivity index (χ2n) is 13.0. The lowest BCUT2D eigenvalue weighted by atomic mass is 9.57. The molecule has 0 bridgehead atoms. The van der Waals surface area contributed by atoms with Crippen LogP contribution in [0.3, 0.4) is 0 Å². The fourth-order valence-electron chi connectivity index (χ4n) is 7.53. The molecule has 0 saturated carbocycles. The number of carboxylic acids is 1. The molecule has 0 radical (unpaired) electrons. The Morgan fingerprint density at radius 2 is 1.55 bits per heavy atom. The average Bonchev–Trinajstić information content (AvgIpc) is 2.81. The highest BCUT2D eigenvalue weighted by molar-refractivity contribution is 5.82. The number of hydrogen-bond donors (Lipinski definition) is 2. The molecule has 3 aliphatic heterocycles. The first-order valence-corrected chi connectivity index (χ1v) is 12.1. The molecule has 0 aromatic rings. The standard InChI is InChI=1S/C26H43N3O4/c1-22(2)16-26(17-23(3,4)27-22,28-13-11-9-10-12-19(28)30)20(21(31)32)18-14-24(5,6)29(33)25(7,8)15-18/h9-11,13,18,20,27,33H,12,14-17H2,1-8H3,(H,31,32)/p-1. The number of piperidine rings is 2. The maximum absolute atomic E-state index is 13.4. The van der Waals surface area contributed by atoms with Crippen LogP contribution in [-0.4, -0.2) is 54.7 Å². The second kappa shape index (κ2) is 8.21. The van der Waals surface area contributed by atoms with Crippen molar-refractivity contribution in [3.8, 4) is 0 Å². The van der Waals surface area contributed by atoms with Crippen LogP contribution >= 0.6 is 0 Å². The van der Waals surface area contributed by atoms with Crippen LogP contribution < -0.4 is 10.4 Å². The highest BCUT2D eigenvalue weighted by Crippen LogP contribution is 2.52. The van der Waals surface area contributed by atoms with E-state index < -0.39 is 39.6 Å². The van der Waals surface area contributed by atoms with Gasteiger partial charge in [0.2, 0.25) is 5.91 Å². The summed E-state index contributed by atoms with van der Waals surface area (Å²) in [5, 5.41) is 28.9. The maximum atomic E-state index is 13.4. The van der Waals surface area contributed by atoms with E-state index in [1.54, 1.807) is 11.1 Å². The lowest BCUT2D eigenvalue weighted by Crippen LogP contribution is -2.73. The van der Waals surface area contributed by atoms with E-state index in [1.165, 1.54) is 5.06 Å². The number of carbonyl (C=O) groups is 2. The largest absolute Gasteiger partial charge is 0.550 e. The monoisotopic (exact) mass is 460 g/mol. The summed E-state index contributed by atoms with van der Waals surface area (Å²) in [5.74, 6) is -2.38. The summed E-state index contributed by atoms with van der Waals surface area (Å²) < 4.78 is 0. The minimum absolute atomic E-state index is 0.0992. The summed E-state index contributed by atoms with van der Waals surface area (Å²) in [5.41, 5.74) is -2.98. The molecule has 33 heavy (non-hydrogen) atoms. The van der Waals surface area contributed by atoms with Crippen molar-refractivity contribution in [3.05, 3.63) is 24.4 Å². The zero-order valence-corrected chi connectivity index (χ0v) is 21.6. The van der Waals surface area contributed by atoms with Crippen molar-refractivity contribution in [2.45, 2.75) is 115 Å². The Morgan fingerprint density at radius 1 is 1.03 bits per heavy atom. The molecule has 0 spiro atoms. The first-order chi connectivity index (χ1) is 14.9. The quantitative estimate of drug-likeness (QED) is 0.670. The van der Waals surface area contributed by atoms with Crippen LogP contribution in [0.25, 0.3) is 0 Å². The second-order valence-corrected chi connectivity index (χ2v) is 13.0. The van der Waals surface area contributed by atoms with E-state index >= 15 is 0 Å². The Labute approximate surface area is 198 Å². The van der Waals surface area contributed by atoms with E-state index in [0.29, 0.717) is 25.7 Å². The first-order valence-electron chi connectivity index (χ1n) is 12.1. The maximum Gasteiger partial charge on any atom is 0.230 e. The molecule has 0 aromatic carbocycles. The van der Waals surface area contributed by atoms with Gasteiger partial charge in [-0.15, -0.1) is 0 Å². The highest BCUT2D eigenvalue weighted by atomic mass is 16.5. The number of amides is 1. The molecular weight excluding hydrogens is 418 g/mol. The average molecular weight is 461 g/mol. The minimum atomic E-state index is -1.12. The Balaban J connectivity index is 2.21. The summed E-state index contributed by atoms with van der Waals surface area (Å²) in [6.45, 7) is 16.1. The van der Waals surface area contributed by atoms with Crippen LogP contribution in [0.15, 0.2) is 24.4 Å². The molecule has 186 valence electrons. The number of nitrogens with zero attached hydrogens (tertiary/aromatic N) is 2. The van der Waals surface area contributed by atoms with E-state index in [4.69, 9.17) is 0 Å². The van der Waals surface area contributed by atoms with Crippen LogP contribution in [0.5, 0.6) is 0 Å². The van der Waals surface area contributed by atoms with Crippen molar-refractivity contribution < 1.29 is 19.9 Å². The SMILES string of the molecule is CC1(C)CC(C(C(=O)[O-])C2CC(C)(C)N(O)C(C)(C)C2)(N2C=CC=CCC2=O)CC(C)(C)N1. The Kier molecular flexibility index (Phi) is 6.44. The summed E-state index contributed by atoms with van der Waals surface area (Å²) in [6.07, 6.45) is 9.42. The first kappa shape index (κ1) is 25.9. The third-order valence-corrected chi connectivity index (χ3v) is 7.67. The van der Waals surface area contributed by atoms with Crippen molar-refractivity contribution >= 4 is 11.9 Å². The minimum Gasteiger partial charge on any atom is -0.550 e. The molecule has 3 aliphatic rings. The summed E-state index contributed by atoms with van der Waals surface area (Å²) in [4.78, 5) is 28.2. The fourth-order valence-corrected chi connectivity index (χ4v) is 7.53. The smallest absolute Gasteiger partial charge is 0.230 e. The molecule has 1 unspecified atom stereocenters. The van der Waals surface area contributed by atoms with E-state index in [0.717, 1.165) is 0 Å². The van der Waals surface area contributed by atoms with Gasteiger partial charge in [-0.05, 0) is 93.1 Å². The van der Waals surface area contributed by atoms with Gasteiger partial charge in [-0.25, -0.2) is 0 Å². The molecule has 2 N–H and O–H groups in total. The van der Waals surface area contributed by atoms with Gasteiger partial charge in [0.05, 0.1) is 5.54 Å². The molecule has 0 aromatic heterocycles. The van der Waals surface area contributed by atoms with Crippen LogP contribution in [0.2, 0.25) is 0 Å².